The number of nitrogens with zero attached hydrogens (tertiary/aromatic N) is 2. The molecule has 0 bridgehead atoms. The highest BCUT2D eigenvalue weighted by Crippen LogP contribution is 2.19. The second-order valence-corrected chi connectivity index (χ2v) is 5.43. The van der Waals surface area contributed by atoms with E-state index < -0.39 is 12.0 Å². The van der Waals surface area contributed by atoms with E-state index in [1.54, 1.807) is 4.68 Å². The fourth-order valence-corrected chi connectivity index (χ4v) is 2.38. The van der Waals surface area contributed by atoms with E-state index in [0.717, 1.165) is 16.8 Å². The summed E-state index contributed by atoms with van der Waals surface area (Å²) in [4.78, 5) is 11.5. The molecule has 5 heteroatoms. The zero-order valence-corrected chi connectivity index (χ0v) is 12.6. The van der Waals surface area contributed by atoms with Crippen LogP contribution in [0.5, 0.6) is 0 Å². The number of aromatic nitrogens is 2. The third-order valence-electron chi connectivity index (χ3n) is 3.36. The standard InChI is InChI=1S/C16H21N3O2/c1-11(2)14-13(10-19(3)18-14)9-17-15(16(20)21)12-7-5-4-6-8-12/h4-8,10-11,15,17H,9H2,1-3H3,(H,20,21). The molecule has 0 aliphatic rings. The molecule has 5 nitrogen and oxygen atoms in total. The Kier molecular flexibility index (Phi) is 4.75. The largest absolute Gasteiger partial charge is 0.480 e. The van der Waals surface area contributed by atoms with Crippen molar-refractivity contribution >= 4 is 5.97 Å². The fourth-order valence-electron chi connectivity index (χ4n) is 2.38. The monoisotopic (exact) mass is 287 g/mol. The van der Waals surface area contributed by atoms with Crippen molar-refractivity contribution in [1.29, 1.82) is 0 Å². The summed E-state index contributed by atoms with van der Waals surface area (Å²) in [5, 5.41) is 16.9. The van der Waals surface area contributed by atoms with Crippen LogP contribution in [0.3, 0.4) is 0 Å². The molecule has 2 rings (SSSR count). The summed E-state index contributed by atoms with van der Waals surface area (Å²) >= 11 is 0. The molecule has 0 amide bonds. The number of hydrogen-bond acceptors (Lipinski definition) is 3. The lowest BCUT2D eigenvalue weighted by Crippen LogP contribution is -2.28. The Morgan fingerprint density at radius 1 is 1.33 bits per heavy atom. The summed E-state index contributed by atoms with van der Waals surface area (Å²) in [7, 11) is 1.88. The van der Waals surface area contributed by atoms with Crippen molar-refractivity contribution in [3.8, 4) is 0 Å². The molecule has 0 spiro atoms. The lowest BCUT2D eigenvalue weighted by atomic mass is 10.0. The third-order valence-corrected chi connectivity index (χ3v) is 3.36. The molecular weight excluding hydrogens is 266 g/mol. The van der Waals surface area contributed by atoms with Crippen LogP contribution in [0.1, 0.15) is 42.6 Å². The van der Waals surface area contributed by atoms with Crippen molar-refractivity contribution in [2.24, 2.45) is 7.05 Å². The lowest BCUT2D eigenvalue weighted by molar-refractivity contribution is -0.139. The van der Waals surface area contributed by atoms with Gasteiger partial charge < -0.3 is 5.11 Å². The van der Waals surface area contributed by atoms with Crippen LogP contribution < -0.4 is 5.32 Å². The van der Waals surface area contributed by atoms with Gasteiger partial charge in [-0.1, -0.05) is 44.2 Å². The maximum absolute atomic E-state index is 11.5. The molecule has 2 N–H and O–H groups in total. The minimum atomic E-state index is -0.879. The summed E-state index contributed by atoms with van der Waals surface area (Å²) in [5.74, 6) is -0.570. The summed E-state index contributed by atoms with van der Waals surface area (Å²) in [6.07, 6.45) is 1.94. The first kappa shape index (κ1) is 15.3. The quantitative estimate of drug-likeness (QED) is 0.856. The van der Waals surface area contributed by atoms with Gasteiger partial charge >= 0.3 is 5.97 Å². The molecule has 0 saturated carbocycles. The van der Waals surface area contributed by atoms with Crippen LogP contribution >= 0.6 is 0 Å². The van der Waals surface area contributed by atoms with Crippen LogP contribution in [0.2, 0.25) is 0 Å². The average molecular weight is 287 g/mol. The van der Waals surface area contributed by atoms with Gasteiger partial charge in [-0.15, -0.1) is 0 Å². The van der Waals surface area contributed by atoms with E-state index in [2.05, 4.69) is 24.3 Å². The van der Waals surface area contributed by atoms with Crippen LogP contribution in [0.25, 0.3) is 0 Å². The topological polar surface area (TPSA) is 67.2 Å². The zero-order valence-electron chi connectivity index (χ0n) is 12.6. The molecule has 1 unspecified atom stereocenters. The maximum atomic E-state index is 11.5. The Bertz CT molecular complexity index is 605. The molecule has 1 atom stereocenters. The van der Waals surface area contributed by atoms with E-state index in [-0.39, 0.29) is 0 Å². The Labute approximate surface area is 124 Å². The number of nitrogens with one attached hydrogen (secondary N) is 1. The summed E-state index contributed by atoms with van der Waals surface area (Å²) in [5.41, 5.74) is 2.79. The smallest absolute Gasteiger partial charge is 0.325 e. The zero-order chi connectivity index (χ0) is 15.4. The summed E-state index contributed by atoms with van der Waals surface area (Å²) in [6.45, 7) is 4.64. The van der Waals surface area contributed by atoms with Crippen LogP contribution in [-0.4, -0.2) is 20.9 Å². The van der Waals surface area contributed by atoms with Crippen molar-refractivity contribution in [3.05, 3.63) is 53.3 Å². The van der Waals surface area contributed by atoms with Crippen molar-refractivity contribution in [2.75, 3.05) is 0 Å². The first-order valence-corrected chi connectivity index (χ1v) is 7.02. The number of carboxylic acid groups (broad SMARTS) is 1. The number of benzene rings is 1. The van der Waals surface area contributed by atoms with Gasteiger partial charge in [0, 0.05) is 25.4 Å². The molecule has 1 heterocycles. The lowest BCUT2D eigenvalue weighted by Gasteiger charge is -2.15. The Hall–Kier alpha value is -2.14. The van der Waals surface area contributed by atoms with E-state index >= 15 is 0 Å². The van der Waals surface area contributed by atoms with Crippen LogP contribution in [0.4, 0.5) is 0 Å². The highest BCUT2D eigenvalue weighted by Gasteiger charge is 2.20. The maximum Gasteiger partial charge on any atom is 0.325 e. The Morgan fingerprint density at radius 2 is 2.00 bits per heavy atom. The van der Waals surface area contributed by atoms with Crippen molar-refractivity contribution in [3.63, 3.8) is 0 Å². The van der Waals surface area contributed by atoms with Gasteiger partial charge in [-0.2, -0.15) is 5.10 Å². The van der Waals surface area contributed by atoms with Gasteiger partial charge in [-0.05, 0) is 11.5 Å². The fraction of sp³-hybridized carbons (Fsp3) is 0.375. The molecular formula is C16H21N3O2. The number of carbonyl (C=O) groups is 1. The summed E-state index contributed by atoms with van der Waals surface area (Å²) < 4.78 is 1.77. The van der Waals surface area contributed by atoms with Gasteiger partial charge in [0.15, 0.2) is 0 Å². The second kappa shape index (κ2) is 6.54. The molecule has 1 aromatic heterocycles. The first-order chi connectivity index (χ1) is 9.99. The highest BCUT2D eigenvalue weighted by molar-refractivity contribution is 5.75. The van der Waals surface area contributed by atoms with Crippen LogP contribution in [0, 0.1) is 0 Å². The van der Waals surface area contributed by atoms with Crippen molar-refractivity contribution < 1.29 is 9.90 Å². The normalized spacial score (nSPS) is 12.6. The van der Waals surface area contributed by atoms with Crippen molar-refractivity contribution in [2.45, 2.75) is 32.4 Å². The predicted molar refractivity (Wildman–Crippen MR) is 81.0 cm³/mol. The Balaban J connectivity index is 2.15. The third kappa shape index (κ3) is 3.70. The number of carboxylic acids is 1. The first-order valence-electron chi connectivity index (χ1n) is 7.02. The van der Waals surface area contributed by atoms with Gasteiger partial charge in [0.25, 0.3) is 0 Å². The second-order valence-electron chi connectivity index (χ2n) is 5.43. The molecule has 0 aliphatic heterocycles. The Morgan fingerprint density at radius 3 is 2.57 bits per heavy atom. The number of aryl methyl sites for hydroxylation is 1. The minimum absolute atomic E-state index is 0.308. The molecule has 0 aliphatic carbocycles. The van der Waals surface area contributed by atoms with Gasteiger partial charge in [0.05, 0.1) is 5.69 Å². The molecule has 0 saturated heterocycles. The van der Waals surface area contributed by atoms with E-state index in [9.17, 15) is 9.90 Å². The van der Waals surface area contributed by atoms with Crippen LogP contribution in [0.15, 0.2) is 36.5 Å². The summed E-state index contributed by atoms with van der Waals surface area (Å²) in [6, 6.07) is 8.48. The van der Waals surface area contributed by atoms with E-state index in [4.69, 9.17) is 0 Å². The SMILES string of the molecule is CC(C)c1nn(C)cc1CNC(C(=O)O)c1ccccc1. The van der Waals surface area contributed by atoms with E-state index in [1.807, 2.05) is 43.6 Å². The van der Waals surface area contributed by atoms with Gasteiger partial charge in [-0.3, -0.25) is 14.8 Å². The molecule has 1 aromatic carbocycles. The highest BCUT2D eigenvalue weighted by atomic mass is 16.4. The van der Waals surface area contributed by atoms with Gasteiger partial charge in [-0.25, -0.2) is 0 Å². The number of aliphatic carboxylic acids is 1. The predicted octanol–water partition coefficient (Wildman–Crippen LogP) is 2.46. The molecule has 0 radical (unpaired) electrons. The van der Waals surface area contributed by atoms with Gasteiger partial charge in [0.1, 0.15) is 6.04 Å². The van der Waals surface area contributed by atoms with Gasteiger partial charge in [0.2, 0.25) is 0 Å². The minimum Gasteiger partial charge on any atom is -0.480 e. The average Bonchev–Trinajstić information content (AvgIpc) is 2.81. The molecule has 112 valence electrons. The van der Waals surface area contributed by atoms with E-state index in [1.165, 1.54) is 0 Å². The molecule has 2 aromatic rings. The van der Waals surface area contributed by atoms with Crippen molar-refractivity contribution in [1.82, 2.24) is 15.1 Å². The van der Waals surface area contributed by atoms with E-state index in [0.29, 0.717) is 12.5 Å². The number of rotatable bonds is 6. The molecule has 21 heavy (non-hydrogen) atoms. The molecule has 0 fully saturated rings. The van der Waals surface area contributed by atoms with Crippen LogP contribution in [-0.2, 0) is 18.4 Å². The number of hydrogen-bond donors (Lipinski definition) is 2.